The molecule has 1 atom stereocenters. The molecule has 0 aliphatic carbocycles. The summed E-state index contributed by atoms with van der Waals surface area (Å²) in [6.45, 7) is 7.06. The van der Waals surface area contributed by atoms with Crippen LogP contribution in [0.1, 0.15) is 44.5 Å². The predicted octanol–water partition coefficient (Wildman–Crippen LogP) is 4.56. The van der Waals surface area contributed by atoms with E-state index < -0.39 is 0 Å². The van der Waals surface area contributed by atoms with E-state index in [-0.39, 0.29) is 17.2 Å². The molecule has 1 fully saturated rings. The van der Waals surface area contributed by atoms with Crippen molar-refractivity contribution >= 4 is 11.6 Å². The zero-order valence-electron chi connectivity index (χ0n) is 17.2. The van der Waals surface area contributed by atoms with Gasteiger partial charge in [-0.25, -0.2) is 0 Å². The third kappa shape index (κ3) is 3.88. The molecule has 0 N–H and O–H groups in total. The molecule has 0 spiro atoms. The Balaban J connectivity index is 1.52. The summed E-state index contributed by atoms with van der Waals surface area (Å²) in [6, 6.07) is 15.7. The van der Waals surface area contributed by atoms with Gasteiger partial charge in [0.05, 0.1) is 7.11 Å². The van der Waals surface area contributed by atoms with Gasteiger partial charge < -0.3 is 14.2 Å². The van der Waals surface area contributed by atoms with E-state index in [9.17, 15) is 4.79 Å². The molecule has 4 rings (SSSR count). The Morgan fingerprint density at radius 2 is 1.90 bits per heavy atom. The second kappa shape index (κ2) is 7.35. The predicted molar refractivity (Wildman–Crippen MR) is 111 cm³/mol. The second-order valence-electron chi connectivity index (χ2n) is 8.39. The third-order valence-electron chi connectivity index (χ3n) is 5.29. The van der Waals surface area contributed by atoms with E-state index in [0.29, 0.717) is 24.7 Å². The lowest BCUT2D eigenvalue weighted by molar-refractivity contribution is -0.117. The Bertz CT molecular complexity index is 1020. The minimum absolute atomic E-state index is 0.0455. The molecule has 6 heteroatoms. The van der Waals surface area contributed by atoms with Crippen molar-refractivity contribution in [3.63, 3.8) is 0 Å². The zero-order chi connectivity index (χ0) is 20.6. The highest BCUT2D eigenvalue weighted by Gasteiger charge is 2.34. The number of hydrogen-bond acceptors (Lipinski definition) is 5. The molecule has 150 valence electrons. The number of methoxy groups -OCH3 is 1. The number of anilines is 1. The normalized spacial score (nSPS) is 17.0. The molecule has 2 heterocycles. The Kier molecular flexibility index (Phi) is 4.86. The van der Waals surface area contributed by atoms with Crippen LogP contribution >= 0.6 is 0 Å². The molecule has 2 aromatic carbocycles. The molecule has 6 nitrogen and oxygen atoms in total. The third-order valence-corrected chi connectivity index (χ3v) is 5.29. The standard InChI is InChI=1S/C23H25N3O3/c1-23(2,3)17-10-8-15(9-11-17)22-24-21(25-29-22)16-12-20(27)26(14-16)18-6-5-7-19(13-18)28-4/h5-11,13,16H,12,14H2,1-4H3. The Hall–Kier alpha value is -3.15. The second-order valence-corrected chi connectivity index (χ2v) is 8.39. The van der Waals surface area contributed by atoms with Crippen LogP contribution in [0, 0.1) is 0 Å². The van der Waals surface area contributed by atoms with Gasteiger partial charge in [-0.2, -0.15) is 4.98 Å². The Morgan fingerprint density at radius 3 is 2.59 bits per heavy atom. The molecular weight excluding hydrogens is 366 g/mol. The highest BCUT2D eigenvalue weighted by atomic mass is 16.5. The minimum Gasteiger partial charge on any atom is -0.497 e. The number of amides is 1. The van der Waals surface area contributed by atoms with Crippen LogP contribution in [0.5, 0.6) is 5.75 Å². The first-order valence-electron chi connectivity index (χ1n) is 9.74. The van der Waals surface area contributed by atoms with Crippen LogP contribution in [0.3, 0.4) is 0 Å². The topological polar surface area (TPSA) is 68.5 Å². The van der Waals surface area contributed by atoms with Gasteiger partial charge in [-0.3, -0.25) is 4.79 Å². The highest BCUT2D eigenvalue weighted by molar-refractivity contribution is 5.96. The van der Waals surface area contributed by atoms with Gasteiger partial charge in [0.15, 0.2) is 5.82 Å². The largest absolute Gasteiger partial charge is 0.497 e. The van der Waals surface area contributed by atoms with Crippen molar-refractivity contribution in [3.05, 3.63) is 59.9 Å². The molecular formula is C23H25N3O3. The summed E-state index contributed by atoms with van der Waals surface area (Å²) >= 11 is 0. The van der Waals surface area contributed by atoms with Gasteiger partial charge >= 0.3 is 0 Å². The molecule has 0 saturated carbocycles. The van der Waals surface area contributed by atoms with Crippen molar-refractivity contribution in [1.29, 1.82) is 0 Å². The van der Waals surface area contributed by atoms with Crippen molar-refractivity contribution in [2.45, 2.75) is 38.5 Å². The van der Waals surface area contributed by atoms with Crippen LogP contribution in [0.25, 0.3) is 11.5 Å². The van der Waals surface area contributed by atoms with Crippen LogP contribution in [-0.2, 0) is 10.2 Å². The zero-order valence-corrected chi connectivity index (χ0v) is 17.2. The van der Waals surface area contributed by atoms with Crippen molar-refractivity contribution in [2.24, 2.45) is 0 Å². The molecule has 3 aromatic rings. The lowest BCUT2D eigenvalue weighted by Gasteiger charge is -2.18. The first-order valence-corrected chi connectivity index (χ1v) is 9.74. The van der Waals surface area contributed by atoms with Crippen LogP contribution < -0.4 is 9.64 Å². The fourth-order valence-corrected chi connectivity index (χ4v) is 3.54. The van der Waals surface area contributed by atoms with Gasteiger partial charge in [-0.05, 0) is 35.2 Å². The summed E-state index contributed by atoms with van der Waals surface area (Å²) in [7, 11) is 1.61. The quantitative estimate of drug-likeness (QED) is 0.652. The van der Waals surface area contributed by atoms with Crippen LogP contribution in [-0.4, -0.2) is 29.7 Å². The molecule has 1 unspecified atom stereocenters. The number of nitrogens with zero attached hydrogens (tertiary/aromatic N) is 3. The lowest BCUT2D eigenvalue weighted by Crippen LogP contribution is -2.24. The number of benzene rings is 2. The molecule has 1 aromatic heterocycles. The SMILES string of the molecule is COc1cccc(N2CC(c3noc(-c4ccc(C(C)(C)C)cc4)n3)CC2=O)c1. The van der Waals surface area contributed by atoms with Gasteiger partial charge in [0.2, 0.25) is 5.91 Å². The highest BCUT2D eigenvalue weighted by Crippen LogP contribution is 2.33. The monoisotopic (exact) mass is 391 g/mol. The maximum atomic E-state index is 12.6. The molecule has 0 bridgehead atoms. The average molecular weight is 391 g/mol. The van der Waals surface area contributed by atoms with E-state index in [1.807, 2.05) is 36.4 Å². The van der Waals surface area contributed by atoms with Crippen molar-refractivity contribution in [2.75, 3.05) is 18.6 Å². The summed E-state index contributed by atoms with van der Waals surface area (Å²) in [6.07, 6.45) is 0.360. The number of hydrogen-bond donors (Lipinski definition) is 0. The number of carbonyl (C=O) groups is 1. The number of rotatable bonds is 4. The van der Waals surface area contributed by atoms with Crippen LogP contribution in [0.2, 0.25) is 0 Å². The smallest absolute Gasteiger partial charge is 0.257 e. The van der Waals surface area contributed by atoms with Gasteiger partial charge in [0.1, 0.15) is 5.75 Å². The van der Waals surface area contributed by atoms with Gasteiger partial charge in [-0.1, -0.05) is 44.1 Å². The van der Waals surface area contributed by atoms with E-state index in [2.05, 4.69) is 43.0 Å². The van der Waals surface area contributed by atoms with Crippen molar-refractivity contribution in [1.82, 2.24) is 10.1 Å². The Morgan fingerprint density at radius 1 is 1.14 bits per heavy atom. The average Bonchev–Trinajstić information content (AvgIpc) is 3.34. The fourth-order valence-electron chi connectivity index (χ4n) is 3.54. The Labute approximate surface area is 170 Å². The number of carbonyl (C=O) groups excluding carboxylic acids is 1. The summed E-state index contributed by atoms with van der Waals surface area (Å²) in [5.74, 6) is 1.72. The first kappa shape index (κ1) is 19.2. The van der Waals surface area contributed by atoms with E-state index in [1.54, 1.807) is 12.0 Å². The summed E-state index contributed by atoms with van der Waals surface area (Å²) in [5.41, 5.74) is 3.03. The van der Waals surface area contributed by atoms with E-state index in [1.165, 1.54) is 5.56 Å². The van der Waals surface area contributed by atoms with E-state index >= 15 is 0 Å². The molecule has 29 heavy (non-hydrogen) atoms. The van der Waals surface area contributed by atoms with Gasteiger partial charge in [0, 0.05) is 36.2 Å². The van der Waals surface area contributed by atoms with Crippen molar-refractivity contribution in [3.8, 4) is 17.2 Å². The molecule has 1 saturated heterocycles. The van der Waals surface area contributed by atoms with Crippen molar-refractivity contribution < 1.29 is 14.1 Å². The van der Waals surface area contributed by atoms with Crippen LogP contribution in [0.15, 0.2) is 53.1 Å². The molecule has 0 radical (unpaired) electrons. The van der Waals surface area contributed by atoms with E-state index in [0.717, 1.165) is 17.0 Å². The molecule has 1 aliphatic heterocycles. The maximum absolute atomic E-state index is 12.6. The van der Waals surface area contributed by atoms with E-state index in [4.69, 9.17) is 9.26 Å². The molecule has 1 aliphatic rings. The fraction of sp³-hybridized carbons (Fsp3) is 0.348. The molecule has 1 amide bonds. The van der Waals surface area contributed by atoms with Gasteiger partial charge in [0.25, 0.3) is 5.89 Å². The first-order chi connectivity index (χ1) is 13.8. The maximum Gasteiger partial charge on any atom is 0.257 e. The lowest BCUT2D eigenvalue weighted by atomic mass is 9.87. The summed E-state index contributed by atoms with van der Waals surface area (Å²) in [4.78, 5) is 18.9. The number of aromatic nitrogens is 2. The van der Waals surface area contributed by atoms with Gasteiger partial charge in [-0.15, -0.1) is 0 Å². The minimum atomic E-state index is -0.0972. The number of ether oxygens (including phenoxy) is 1. The summed E-state index contributed by atoms with van der Waals surface area (Å²) < 4.78 is 10.8. The van der Waals surface area contributed by atoms with Crippen LogP contribution in [0.4, 0.5) is 5.69 Å². The summed E-state index contributed by atoms with van der Waals surface area (Å²) in [5, 5.41) is 4.15.